The fourth-order valence-corrected chi connectivity index (χ4v) is 8.85. The molecule has 0 aromatic carbocycles. The first-order valence-corrected chi connectivity index (χ1v) is 33.3. The third-order valence-corrected chi connectivity index (χ3v) is 13.8. The summed E-state index contributed by atoms with van der Waals surface area (Å²) in [6, 6.07) is 0. The minimum atomic E-state index is -0.792. The number of carbonyl (C=O) groups excluding carboxylic acids is 3. The number of ether oxygens (including phenoxy) is 3. The van der Waals surface area contributed by atoms with Gasteiger partial charge in [0.1, 0.15) is 13.2 Å². The van der Waals surface area contributed by atoms with Gasteiger partial charge in [0.15, 0.2) is 6.10 Å². The Kier molecular flexibility index (Phi) is 63.9. The van der Waals surface area contributed by atoms with E-state index in [0.29, 0.717) is 19.3 Å². The van der Waals surface area contributed by atoms with Gasteiger partial charge in [-0.05, 0) is 128 Å². The summed E-state index contributed by atoms with van der Waals surface area (Å²) in [6.45, 7) is 6.41. The molecule has 6 nitrogen and oxygen atoms in total. The number of esters is 3. The van der Waals surface area contributed by atoms with E-state index >= 15 is 0 Å². The highest BCUT2D eigenvalue weighted by Gasteiger charge is 2.19. The van der Waals surface area contributed by atoms with E-state index < -0.39 is 6.10 Å². The van der Waals surface area contributed by atoms with Gasteiger partial charge in [-0.15, -0.1) is 0 Å². The van der Waals surface area contributed by atoms with Crippen LogP contribution in [-0.2, 0) is 28.6 Å². The molecule has 0 N–H and O–H groups in total. The molecule has 81 heavy (non-hydrogen) atoms. The molecule has 458 valence electrons. The Labute approximate surface area is 499 Å². The van der Waals surface area contributed by atoms with Crippen LogP contribution in [0.2, 0.25) is 0 Å². The molecule has 0 spiro atoms. The molecular weight excluding hydrogens is 997 g/mol. The number of unbranched alkanes of at least 4 members (excludes halogenated alkanes) is 24. The summed E-state index contributed by atoms with van der Waals surface area (Å²) in [7, 11) is 0. The first-order valence-electron chi connectivity index (χ1n) is 33.3. The Hall–Kier alpha value is -4.71. The molecule has 0 amide bonds. The van der Waals surface area contributed by atoms with Crippen LogP contribution >= 0.6 is 0 Å². The zero-order valence-corrected chi connectivity index (χ0v) is 52.5. The molecule has 1 atom stereocenters. The summed E-state index contributed by atoms with van der Waals surface area (Å²) in [4.78, 5) is 38.0. The maximum atomic E-state index is 12.8. The van der Waals surface area contributed by atoms with Crippen molar-refractivity contribution in [2.75, 3.05) is 13.2 Å². The van der Waals surface area contributed by atoms with Crippen molar-refractivity contribution in [1.29, 1.82) is 0 Å². The summed E-state index contributed by atoms with van der Waals surface area (Å²) in [6.07, 6.45) is 97.6. The molecule has 0 bridgehead atoms. The third-order valence-electron chi connectivity index (χ3n) is 13.8. The highest BCUT2D eigenvalue weighted by molar-refractivity contribution is 5.71. The molecule has 0 saturated carbocycles. The van der Waals surface area contributed by atoms with Gasteiger partial charge in [0.2, 0.25) is 0 Å². The lowest BCUT2D eigenvalue weighted by Gasteiger charge is -2.18. The average Bonchev–Trinajstić information content (AvgIpc) is 3.47. The van der Waals surface area contributed by atoms with Gasteiger partial charge >= 0.3 is 17.9 Å². The summed E-state index contributed by atoms with van der Waals surface area (Å²) >= 11 is 0. The van der Waals surface area contributed by atoms with Crippen LogP contribution in [0.1, 0.15) is 290 Å². The van der Waals surface area contributed by atoms with Crippen LogP contribution in [0.15, 0.2) is 146 Å². The number of rotatable bonds is 59. The largest absolute Gasteiger partial charge is 0.462 e. The van der Waals surface area contributed by atoms with Crippen LogP contribution < -0.4 is 0 Å². The smallest absolute Gasteiger partial charge is 0.306 e. The highest BCUT2D eigenvalue weighted by Crippen LogP contribution is 2.15. The molecule has 0 aromatic heterocycles. The Morgan fingerprint density at radius 2 is 0.481 bits per heavy atom. The zero-order chi connectivity index (χ0) is 58.5. The van der Waals surface area contributed by atoms with Crippen molar-refractivity contribution in [2.45, 2.75) is 297 Å². The lowest BCUT2D eigenvalue weighted by atomic mass is 10.0. The van der Waals surface area contributed by atoms with Crippen molar-refractivity contribution in [3.8, 4) is 0 Å². The lowest BCUT2D eigenvalue weighted by Crippen LogP contribution is -2.30. The first kappa shape index (κ1) is 76.3. The van der Waals surface area contributed by atoms with Gasteiger partial charge < -0.3 is 14.2 Å². The Bertz CT molecular complexity index is 1760. The molecule has 6 heteroatoms. The van der Waals surface area contributed by atoms with E-state index in [0.717, 1.165) is 154 Å². The molecule has 0 rings (SSSR count). The Balaban J connectivity index is 4.13. The number of allylic oxidation sites excluding steroid dienone is 24. The van der Waals surface area contributed by atoms with Crippen LogP contribution in [0.3, 0.4) is 0 Å². The molecular formula is C75H122O6. The molecule has 0 aliphatic rings. The van der Waals surface area contributed by atoms with Crippen molar-refractivity contribution in [2.24, 2.45) is 0 Å². The SMILES string of the molecule is CC/C=C\C/C=C\C/C=C\C/C=C\C/C=C\C/C=C\C/C=C\C/C=C\C/C=C\C/C=C\CCCCCCC(=O)OCC(COC(=O)CCCCCCC)OC(=O)CCCCCCCCCCCCC/C=C\C/C=C\CCCCCCC. The van der Waals surface area contributed by atoms with Crippen molar-refractivity contribution in [1.82, 2.24) is 0 Å². The Morgan fingerprint density at radius 1 is 0.259 bits per heavy atom. The van der Waals surface area contributed by atoms with Crippen molar-refractivity contribution < 1.29 is 28.6 Å². The molecule has 0 heterocycles. The maximum absolute atomic E-state index is 12.8. The second-order valence-electron chi connectivity index (χ2n) is 21.6. The molecule has 0 radical (unpaired) electrons. The predicted octanol–water partition coefficient (Wildman–Crippen LogP) is 23.1. The third kappa shape index (κ3) is 66.0. The molecule has 0 aliphatic carbocycles. The first-order chi connectivity index (χ1) is 40.0. The number of carbonyl (C=O) groups is 3. The van der Waals surface area contributed by atoms with Gasteiger partial charge in [0.05, 0.1) is 0 Å². The van der Waals surface area contributed by atoms with Crippen LogP contribution in [0.25, 0.3) is 0 Å². The summed E-state index contributed by atoms with van der Waals surface area (Å²) < 4.78 is 16.8. The Morgan fingerprint density at radius 3 is 0.753 bits per heavy atom. The van der Waals surface area contributed by atoms with E-state index in [1.807, 2.05) is 0 Å². The highest BCUT2D eigenvalue weighted by atomic mass is 16.6. The summed E-state index contributed by atoms with van der Waals surface area (Å²) in [5, 5.41) is 0. The van der Waals surface area contributed by atoms with Gasteiger partial charge in [0.25, 0.3) is 0 Å². The molecule has 0 fully saturated rings. The number of hydrogen-bond donors (Lipinski definition) is 0. The topological polar surface area (TPSA) is 78.9 Å². The molecule has 0 aromatic rings. The van der Waals surface area contributed by atoms with E-state index in [1.54, 1.807) is 0 Å². The fourth-order valence-electron chi connectivity index (χ4n) is 8.85. The van der Waals surface area contributed by atoms with Crippen LogP contribution in [0.5, 0.6) is 0 Å². The van der Waals surface area contributed by atoms with Crippen LogP contribution in [0.4, 0.5) is 0 Å². The maximum Gasteiger partial charge on any atom is 0.306 e. The average molecular weight is 1120 g/mol. The fraction of sp³-hybridized carbons (Fsp3) is 0.640. The standard InChI is InChI=1S/C75H122O6/c1-4-7-10-13-15-17-19-21-23-25-27-29-31-32-33-34-35-36-37-38-39-40-41-42-44-45-47-49-51-53-55-57-59-62-65-68-74(77)80-71-72(70-79-73(76)67-64-61-12-9-6-3)81-75(78)69-66-63-60-58-56-54-52-50-48-46-43-30-28-26-24-22-20-18-16-14-11-8-5-2/h7,10,15,17,20-23,26-29,32-33,35-36,38-39,41-42,45,47,51,53,72H,4-6,8-9,11-14,16,18-19,24-25,30-31,34,37,40,43-44,46,48-50,52,54-71H2,1-3H3/b10-7-,17-15-,22-20-,23-21-,28-26-,29-27-,33-32-,36-35-,39-38-,42-41-,47-45-,53-51-. The monoisotopic (exact) mass is 1120 g/mol. The normalized spacial score (nSPS) is 13.1. The summed E-state index contributed by atoms with van der Waals surface area (Å²) in [5.74, 6) is -0.932. The zero-order valence-electron chi connectivity index (χ0n) is 52.5. The van der Waals surface area contributed by atoms with Crippen molar-refractivity contribution >= 4 is 17.9 Å². The molecule has 1 unspecified atom stereocenters. The molecule has 0 aliphatic heterocycles. The second-order valence-corrected chi connectivity index (χ2v) is 21.6. The van der Waals surface area contributed by atoms with Crippen molar-refractivity contribution in [3.63, 3.8) is 0 Å². The molecule has 0 saturated heterocycles. The number of hydrogen-bond acceptors (Lipinski definition) is 6. The van der Waals surface area contributed by atoms with E-state index in [9.17, 15) is 14.4 Å². The second kappa shape index (κ2) is 67.8. The van der Waals surface area contributed by atoms with Gasteiger partial charge in [-0.25, -0.2) is 0 Å². The quantitative estimate of drug-likeness (QED) is 0.0261. The lowest BCUT2D eigenvalue weighted by molar-refractivity contribution is -0.167. The van der Waals surface area contributed by atoms with Crippen molar-refractivity contribution in [3.05, 3.63) is 146 Å². The van der Waals surface area contributed by atoms with E-state index in [2.05, 4.69) is 167 Å². The van der Waals surface area contributed by atoms with E-state index in [1.165, 1.54) is 96.3 Å². The van der Waals surface area contributed by atoms with Gasteiger partial charge in [-0.3, -0.25) is 14.4 Å². The van der Waals surface area contributed by atoms with Gasteiger partial charge in [-0.1, -0.05) is 289 Å². The minimum absolute atomic E-state index is 0.0907. The van der Waals surface area contributed by atoms with E-state index in [-0.39, 0.29) is 31.1 Å². The van der Waals surface area contributed by atoms with Crippen LogP contribution in [-0.4, -0.2) is 37.2 Å². The van der Waals surface area contributed by atoms with Gasteiger partial charge in [0, 0.05) is 19.3 Å². The van der Waals surface area contributed by atoms with Gasteiger partial charge in [-0.2, -0.15) is 0 Å². The predicted molar refractivity (Wildman–Crippen MR) is 352 cm³/mol. The van der Waals surface area contributed by atoms with Crippen LogP contribution in [0, 0.1) is 0 Å². The summed E-state index contributed by atoms with van der Waals surface area (Å²) in [5.41, 5.74) is 0. The minimum Gasteiger partial charge on any atom is -0.462 e. The van der Waals surface area contributed by atoms with E-state index in [4.69, 9.17) is 14.2 Å².